The van der Waals surface area contributed by atoms with Crippen LogP contribution >= 0.6 is 0 Å². The van der Waals surface area contributed by atoms with Gasteiger partial charge in [-0.2, -0.15) is 0 Å². The van der Waals surface area contributed by atoms with E-state index in [9.17, 15) is 10.0 Å². The number of carbonyl (C=O) groups is 1. The number of esters is 1. The molecule has 1 N–H and O–H groups in total. The van der Waals surface area contributed by atoms with Crippen LogP contribution in [0, 0.1) is 56.7 Å². The average molecular weight is 484 g/mol. The number of methoxy groups -OCH3 is 1. The molecule has 0 aromatic rings. The van der Waals surface area contributed by atoms with Crippen molar-refractivity contribution in [3.05, 3.63) is 12.2 Å². The van der Waals surface area contributed by atoms with Crippen molar-refractivity contribution in [1.82, 2.24) is 0 Å². The van der Waals surface area contributed by atoms with Crippen LogP contribution in [0.1, 0.15) is 106 Å². The molecule has 0 heterocycles. The summed E-state index contributed by atoms with van der Waals surface area (Å²) in [6, 6.07) is 0. The first-order valence-corrected chi connectivity index (χ1v) is 14.3. The normalized spacial score (nSPS) is 51.5. The van der Waals surface area contributed by atoms with Crippen molar-refractivity contribution in [2.75, 3.05) is 7.11 Å². The molecule has 0 spiro atoms. The Morgan fingerprint density at radius 1 is 0.943 bits per heavy atom. The van der Waals surface area contributed by atoms with Crippen molar-refractivity contribution in [2.24, 2.45) is 61.8 Å². The van der Waals surface area contributed by atoms with Gasteiger partial charge in [-0.05, 0) is 117 Å². The van der Waals surface area contributed by atoms with E-state index in [1.54, 1.807) is 7.11 Å². The number of oxime groups is 1. The summed E-state index contributed by atoms with van der Waals surface area (Å²) in [5.41, 5.74) is 2.64. The smallest absolute Gasteiger partial charge is 0.312 e. The maximum Gasteiger partial charge on any atom is 0.312 e. The van der Waals surface area contributed by atoms with Gasteiger partial charge in [0.2, 0.25) is 0 Å². The Kier molecular flexibility index (Phi) is 5.67. The molecule has 35 heavy (non-hydrogen) atoms. The van der Waals surface area contributed by atoms with Crippen LogP contribution in [0.4, 0.5) is 0 Å². The van der Waals surface area contributed by atoms with E-state index in [0.717, 1.165) is 44.2 Å². The molecule has 9 atom stereocenters. The molecule has 5 fully saturated rings. The lowest BCUT2D eigenvalue weighted by Crippen LogP contribution is -2.66. The molecule has 4 nitrogen and oxygen atoms in total. The molecule has 196 valence electrons. The Morgan fingerprint density at radius 3 is 2.29 bits per heavy atom. The number of hydrogen-bond donors (Lipinski definition) is 1. The number of rotatable bonds is 2. The van der Waals surface area contributed by atoms with E-state index in [4.69, 9.17) is 4.74 Å². The molecule has 5 saturated carbocycles. The van der Waals surface area contributed by atoms with Gasteiger partial charge >= 0.3 is 5.97 Å². The first-order valence-electron chi connectivity index (χ1n) is 14.3. The second-order valence-corrected chi connectivity index (χ2v) is 14.6. The maximum absolute atomic E-state index is 13.4. The standard InChI is InChI=1S/C31H49NO3/c1-19(2)20-11-16-31(26(33)35-8)18-17-29(6)21(25(20)31)9-10-23-28(5)14-13-24(32-34)27(3,4)22(28)12-15-30(23,29)7/h20-23,25,34H,1,9-18H2,2-8H3/b32-24+/t20?,21-,22?,23-,25?,28+,29-,30-,31+/m1/s1. The number of carbonyl (C=O) groups excluding carboxylic acids is 1. The van der Waals surface area contributed by atoms with Crippen LogP contribution in [0.25, 0.3) is 0 Å². The van der Waals surface area contributed by atoms with Crippen LogP contribution in [-0.4, -0.2) is 24.0 Å². The summed E-state index contributed by atoms with van der Waals surface area (Å²) >= 11 is 0. The molecule has 0 radical (unpaired) electrons. The van der Waals surface area contributed by atoms with Gasteiger partial charge in [0, 0.05) is 5.41 Å². The summed E-state index contributed by atoms with van der Waals surface area (Å²) in [7, 11) is 1.59. The summed E-state index contributed by atoms with van der Waals surface area (Å²) in [5.74, 6) is 2.62. The largest absolute Gasteiger partial charge is 0.469 e. The number of nitrogens with zero attached hydrogens (tertiary/aromatic N) is 1. The Hall–Kier alpha value is -1.32. The summed E-state index contributed by atoms with van der Waals surface area (Å²) in [6.45, 7) is 19.1. The third kappa shape index (κ3) is 2.98. The van der Waals surface area contributed by atoms with Gasteiger partial charge in [0.05, 0.1) is 18.2 Å². The van der Waals surface area contributed by atoms with Crippen molar-refractivity contribution in [3.8, 4) is 0 Å². The van der Waals surface area contributed by atoms with Gasteiger partial charge in [0.25, 0.3) is 0 Å². The van der Waals surface area contributed by atoms with Crippen LogP contribution in [0.5, 0.6) is 0 Å². The van der Waals surface area contributed by atoms with E-state index in [0.29, 0.717) is 29.6 Å². The lowest BCUT2D eigenvalue weighted by molar-refractivity contribution is -0.230. The third-order valence-corrected chi connectivity index (χ3v) is 13.6. The molecule has 4 heteroatoms. The van der Waals surface area contributed by atoms with E-state index < -0.39 is 0 Å². The summed E-state index contributed by atoms with van der Waals surface area (Å²) in [4.78, 5) is 13.4. The monoisotopic (exact) mass is 483 g/mol. The second kappa shape index (κ2) is 7.84. The van der Waals surface area contributed by atoms with Gasteiger partial charge in [0.1, 0.15) is 0 Å². The minimum Gasteiger partial charge on any atom is -0.469 e. The highest BCUT2D eigenvalue weighted by molar-refractivity contribution is 5.90. The lowest BCUT2D eigenvalue weighted by atomic mass is 9.32. The predicted molar refractivity (Wildman–Crippen MR) is 140 cm³/mol. The quantitative estimate of drug-likeness (QED) is 0.190. The van der Waals surface area contributed by atoms with Gasteiger partial charge in [-0.3, -0.25) is 4.79 Å². The molecule has 5 aliphatic carbocycles. The van der Waals surface area contributed by atoms with E-state index in [-0.39, 0.29) is 33.0 Å². The van der Waals surface area contributed by atoms with Gasteiger partial charge in [0.15, 0.2) is 0 Å². The highest BCUT2D eigenvalue weighted by atomic mass is 16.5. The Labute approximate surface area is 213 Å². The van der Waals surface area contributed by atoms with E-state index in [2.05, 4.69) is 53.3 Å². The van der Waals surface area contributed by atoms with Crippen LogP contribution in [-0.2, 0) is 9.53 Å². The minimum absolute atomic E-state index is 0.0427. The molecule has 0 saturated heterocycles. The van der Waals surface area contributed by atoms with Crippen molar-refractivity contribution >= 4 is 11.7 Å². The van der Waals surface area contributed by atoms with Crippen LogP contribution in [0.3, 0.4) is 0 Å². The Morgan fingerprint density at radius 2 is 1.66 bits per heavy atom. The fourth-order valence-corrected chi connectivity index (χ4v) is 11.7. The highest BCUT2D eigenvalue weighted by Gasteiger charge is 2.72. The summed E-state index contributed by atoms with van der Waals surface area (Å²) in [5, 5.41) is 13.5. The average Bonchev–Trinajstić information content (AvgIpc) is 3.20. The molecule has 0 amide bonds. The Balaban J connectivity index is 1.56. The first-order chi connectivity index (χ1) is 16.3. The highest BCUT2D eigenvalue weighted by Crippen LogP contribution is 2.77. The molecule has 3 unspecified atom stereocenters. The van der Waals surface area contributed by atoms with E-state index in [1.165, 1.54) is 31.3 Å². The summed E-state index contributed by atoms with van der Waals surface area (Å²) in [6.07, 6.45) is 11.1. The molecule has 5 aliphatic rings. The SMILES string of the molecule is C=C(C)C1CC[C@]2(C(=O)OC)CC[C@]3(C)[C@H](CC[C@@H]4[C@@]5(C)CC/C(=N\O)C(C)(C)C5CC[C@]43C)C12. The second-order valence-electron chi connectivity index (χ2n) is 14.6. The van der Waals surface area contributed by atoms with Gasteiger partial charge in [-0.25, -0.2) is 0 Å². The number of fused-ring (bicyclic) bond motifs is 7. The predicted octanol–water partition coefficient (Wildman–Crippen LogP) is 7.65. The van der Waals surface area contributed by atoms with Gasteiger partial charge in [-0.15, -0.1) is 0 Å². The van der Waals surface area contributed by atoms with Crippen LogP contribution in [0.15, 0.2) is 17.3 Å². The Bertz CT molecular complexity index is 953. The zero-order valence-electron chi connectivity index (χ0n) is 23.4. The van der Waals surface area contributed by atoms with Crippen molar-refractivity contribution < 1.29 is 14.7 Å². The van der Waals surface area contributed by atoms with Crippen molar-refractivity contribution in [3.63, 3.8) is 0 Å². The van der Waals surface area contributed by atoms with Crippen molar-refractivity contribution in [1.29, 1.82) is 0 Å². The molecule has 0 aromatic carbocycles. The number of allylic oxidation sites excluding steroid dienone is 1. The van der Waals surface area contributed by atoms with Crippen LogP contribution < -0.4 is 0 Å². The fourth-order valence-electron chi connectivity index (χ4n) is 11.7. The molecular formula is C31H49NO3. The number of hydrogen-bond acceptors (Lipinski definition) is 4. The fraction of sp³-hybridized carbons (Fsp3) is 0.871. The third-order valence-electron chi connectivity index (χ3n) is 13.6. The molecule has 0 aromatic heterocycles. The van der Waals surface area contributed by atoms with E-state index in [1.807, 2.05) is 0 Å². The van der Waals surface area contributed by atoms with E-state index >= 15 is 0 Å². The molecule has 5 rings (SSSR count). The van der Waals surface area contributed by atoms with Gasteiger partial charge < -0.3 is 9.94 Å². The maximum atomic E-state index is 13.4. The number of ether oxygens (including phenoxy) is 1. The lowest BCUT2D eigenvalue weighted by Gasteiger charge is -2.72. The zero-order valence-corrected chi connectivity index (χ0v) is 23.4. The first kappa shape index (κ1) is 25.3. The minimum atomic E-state index is -0.313. The zero-order chi connectivity index (χ0) is 25.6. The molecule has 0 bridgehead atoms. The van der Waals surface area contributed by atoms with Crippen molar-refractivity contribution in [2.45, 2.75) is 106 Å². The van der Waals surface area contributed by atoms with Gasteiger partial charge in [-0.1, -0.05) is 51.9 Å². The molecule has 0 aliphatic heterocycles. The topological polar surface area (TPSA) is 58.9 Å². The molecular weight excluding hydrogens is 434 g/mol. The summed E-state index contributed by atoms with van der Waals surface area (Å²) < 4.78 is 5.50. The van der Waals surface area contributed by atoms with Crippen LogP contribution in [0.2, 0.25) is 0 Å².